The average Bonchev–Trinajstić information content (AvgIpc) is 3.47. The van der Waals surface area contributed by atoms with Crippen LogP contribution in [0.4, 0.5) is 5.82 Å². The Morgan fingerprint density at radius 2 is 1.30 bits per heavy atom. The molecule has 20 heteroatoms. The Balaban J connectivity index is 1.87. The molecular formula is C40H69N3O15P2. The van der Waals surface area contributed by atoms with Crippen molar-refractivity contribution >= 4 is 33.4 Å². The van der Waals surface area contributed by atoms with Crippen LogP contribution in [0.1, 0.15) is 148 Å². The number of aromatic nitrogens is 2. The van der Waals surface area contributed by atoms with E-state index in [0.29, 0.717) is 12.8 Å². The zero-order valence-corrected chi connectivity index (χ0v) is 37.0. The third kappa shape index (κ3) is 23.5. The van der Waals surface area contributed by atoms with Gasteiger partial charge in [0.1, 0.15) is 30.7 Å². The Hall–Kier alpha value is -2.76. The molecule has 7 atom stereocenters. The van der Waals surface area contributed by atoms with Crippen LogP contribution >= 0.6 is 15.6 Å². The molecule has 18 nitrogen and oxygen atoms in total. The second kappa shape index (κ2) is 30.3. The summed E-state index contributed by atoms with van der Waals surface area (Å²) in [5.74, 6) is -1.34. The fourth-order valence-corrected chi connectivity index (χ4v) is 8.23. The molecule has 2 rings (SSSR count). The fraction of sp³-hybridized carbons (Fsp3) is 0.750. The quantitative estimate of drug-likeness (QED) is 0.0200. The van der Waals surface area contributed by atoms with E-state index in [1.807, 2.05) is 0 Å². The van der Waals surface area contributed by atoms with Crippen molar-refractivity contribution in [3.8, 4) is 0 Å². The van der Waals surface area contributed by atoms with Gasteiger partial charge in [0.25, 0.3) is 0 Å². The molecule has 0 aromatic carbocycles. The maximum atomic E-state index is 12.7. The Morgan fingerprint density at radius 3 is 1.83 bits per heavy atom. The van der Waals surface area contributed by atoms with E-state index in [9.17, 15) is 43.5 Å². The van der Waals surface area contributed by atoms with Crippen LogP contribution in [0.15, 0.2) is 41.4 Å². The molecule has 1 aliphatic heterocycles. The Morgan fingerprint density at radius 1 is 0.783 bits per heavy atom. The first kappa shape index (κ1) is 53.4. The highest BCUT2D eigenvalue weighted by Crippen LogP contribution is 2.60. The summed E-state index contributed by atoms with van der Waals surface area (Å²) in [7, 11) is -10.8. The molecule has 1 aliphatic rings. The largest absolute Gasteiger partial charge is 0.481 e. The second-order valence-electron chi connectivity index (χ2n) is 14.8. The van der Waals surface area contributed by atoms with Crippen molar-refractivity contribution < 1.29 is 66.3 Å². The number of allylic oxidation sites excluding steroid dienone is 4. The van der Waals surface area contributed by atoms with E-state index in [0.717, 1.165) is 62.1 Å². The van der Waals surface area contributed by atoms with Crippen LogP contribution in [0.3, 0.4) is 0 Å². The molecule has 2 heterocycles. The maximum Gasteiger partial charge on any atom is 0.481 e. The van der Waals surface area contributed by atoms with Gasteiger partial charge < -0.3 is 39.9 Å². The minimum absolute atomic E-state index is 0.0272. The van der Waals surface area contributed by atoms with E-state index in [1.54, 1.807) is 0 Å². The van der Waals surface area contributed by atoms with E-state index in [1.165, 1.54) is 57.4 Å². The van der Waals surface area contributed by atoms with Crippen LogP contribution in [0.2, 0.25) is 0 Å². The number of aliphatic hydroxyl groups excluding tert-OH is 2. The molecule has 1 fully saturated rings. The molecular weight excluding hydrogens is 824 g/mol. The molecule has 0 spiro atoms. The predicted molar refractivity (Wildman–Crippen MR) is 224 cm³/mol. The number of unbranched alkanes of at least 4 members (excludes halogenated alkanes) is 14. The molecule has 344 valence electrons. The standard InChI is InChI=1S/C40H69N3O15P2/c1-3-5-7-9-11-13-15-17-19-21-23-25-35(44)53-29-32(56-36(45)26-24-22-20-18-16-14-12-10-8-6-4-2)30-54-59(49,50)58-60(51,52)55-31-33-37(46)38(47)39(57-33)43-28-27-34(41)42-40(43)48/h13-16,27-28,32-33,37-39,46-47H,3-12,17-26,29-31H2,1-2H3,(H,49,50)(H,51,52)(H2,41,42,48)/t32-,33-,37-,38-,39-/m1/s1. The van der Waals surface area contributed by atoms with Gasteiger partial charge in [-0.3, -0.25) is 23.2 Å². The van der Waals surface area contributed by atoms with E-state index in [4.69, 9.17) is 29.0 Å². The third-order valence-corrected chi connectivity index (χ3v) is 12.1. The highest BCUT2D eigenvalue weighted by molar-refractivity contribution is 7.61. The lowest BCUT2D eigenvalue weighted by Gasteiger charge is -2.21. The van der Waals surface area contributed by atoms with Gasteiger partial charge in [-0.1, -0.05) is 89.5 Å². The summed E-state index contributed by atoms with van der Waals surface area (Å²) in [4.78, 5) is 61.4. The highest BCUT2D eigenvalue weighted by atomic mass is 31.3. The van der Waals surface area contributed by atoms with Gasteiger partial charge in [-0.25, -0.2) is 13.9 Å². The van der Waals surface area contributed by atoms with Gasteiger partial charge in [-0.2, -0.15) is 9.29 Å². The number of carbonyl (C=O) groups is 2. The van der Waals surface area contributed by atoms with Crippen LogP contribution < -0.4 is 11.4 Å². The van der Waals surface area contributed by atoms with Crippen molar-refractivity contribution in [2.75, 3.05) is 25.6 Å². The smallest absolute Gasteiger partial charge is 0.462 e. The van der Waals surface area contributed by atoms with E-state index in [-0.39, 0.29) is 18.7 Å². The molecule has 1 saturated heterocycles. The van der Waals surface area contributed by atoms with Crippen LogP contribution in [0.25, 0.3) is 0 Å². The van der Waals surface area contributed by atoms with Gasteiger partial charge in [0.2, 0.25) is 0 Å². The predicted octanol–water partition coefficient (Wildman–Crippen LogP) is 7.10. The molecule has 1 aromatic rings. The molecule has 0 bridgehead atoms. The first-order valence-electron chi connectivity index (χ1n) is 21.3. The number of aliphatic hydroxyl groups is 2. The van der Waals surface area contributed by atoms with Crippen molar-refractivity contribution in [2.45, 2.75) is 173 Å². The molecule has 6 N–H and O–H groups in total. The van der Waals surface area contributed by atoms with Crippen LogP contribution in [0, 0.1) is 0 Å². The van der Waals surface area contributed by atoms with Gasteiger partial charge in [-0.05, 0) is 70.3 Å². The zero-order valence-electron chi connectivity index (χ0n) is 35.3. The number of esters is 2. The van der Waals surface area contributed by atoms with Crippen LogP contribution in [0.5, 0.6) is 0 Å². The monoisotopic (exact) mass is 893 g/mol. The Labute approximate surface area is 354 Å². The summed E-state index contributed by atoms with van der Waals surface area (Å²) >= 11 is 0. The van der Waals surface area contributed by atoms with E-state index < -0.39 is 83.7 Å². The Bertz CT molecular complexity index is 1590. The summed E-state index contributed by atoms with van der Waals surface area (Å²) in [6.07, 6.45) is 20.2. The lowest BCUT2D eigenvalue weighted by molar-refractivity contribution is -0.161. The lowest BCUT2D eigenvalue weighted by atomic mass is 10.1. The summed E-state index contributed by atoms with van der Waals surface area (Å²) < 4.78 is 56.4. The SMILES string of the molecule is CCCCCCC=CCCCCCC(=O)OC[C@H](COP(=O)(O)OP(=O)(O)OC[C@H]1O[C@@H](n2ccc(N)nc2=O)[C@H](O)[C@@H]1O)OC(=O)CCCCCC=CCCCCCC. The minimum Gasteiger partial charge on any atom is -0.462 e. The normalized spacial score (nSPS) is 20.6. The Kier molecular flexibility index (Phi) is 27.0. The van der Waals surface area contributed by atoms with Gasteiger partial charge in [0, 0.05) is 19.0 Å². The number of rotatable bonds is 34. The molecule has 0 amide bonds. The molecule has 1 aromatic heterocycles. The number of nitrogens with two attached hydrogens (primary N) is 1. The zero-order chi connectivity index (χ0) is 44.2. The molecule has 2 unspecified atom stereocenters. The number of carbonyl (C=O) groups excluding carboxylic acids is 2. The van der Waals surface area contributed by atoms with Crippen molar-refractivity contribution in [3.05, 3.63) is 47.1 Å². The highest BCUT2D eigenvalue weighted by Gasteiger charge is 2.46. The van der Waals surface area contributed by atoms with E-state index >= 15 is 0 Å². The third-order valence-electron chi connectivity index (χ3n) is 9.51. The molecule has 0 saturated carbocycles. The number of anilines is 1. The number of nitrogen functional groups attached to an aromatic ring is 1. The van der Waals surface area contributed by atoms with Gasteiger partial charge >= 0.3 is 33.3 Å². The summed E-state index contributed by atoms with van der Waals surface area (Å²) in [6.45, 7) is 2.03. The molecule has 0 radical (unpaired) electrons. The molecule has 0 aliphatic carbocycles. The lowest BCUT2D eigenvalue weighted by Crippen LogP contribution is -2.36. The number of hydrogen-bond donors (Lipinski definition) is 5. The first-order valence-corrected chi connectivity index (χ1v) is 24.3. The van der Waals surface area contributed by atoms with Crippen molar-refractivity contribution in [2.24, 2.45) is 0 Å². The molecule has 60 heavy (non-hydrogen) atoms. The maximum absolute atomic E-state index is 12.7. The van der Waals surface area contributed by atoms with Crippen LogP contribution in [-0.4, -0.2) is 85.7 Å². The van der Waals surface area contributed by atoms with Crippen molar-refractivity contribution in [1.29, 1.82) is 0 Å². The minimum atomic E-state index is -5.42. The second-order valence-corrected chi connectivity index (χ2v) is 17.9. The fourth-order valence-electron chi connectivity index (χ4n) is 6.12. The number of phosphoric ester groups is 2. The number of phosphoric acid groups is 2. The first-order chi connectivity index (χ1) is 28.7. The van der Waals surface area contributed by atoms with Gasteiger partial charge in [0.15, 0.2) is 12.3 Å². The summed E-state index contributed by atoms with van der Waals surface area (Å²) in [5, 5.41) is 20.8. The van der Waals surface area contributed by atoms with Crippen LogP contribution in [-0.2, 0) is 46.3 Å². The van der Waals surface area contributed by atoms with Crippen molar-refractivity contribution in [1.82, 2.24) is 9.55 Å². The average molecular weight is 894 g/mol. The number of ether oxygens (including phenoxy) is 3. The van der Waals surface area contributed by atoms with Gasteiger partial charge in [-0.15, -0.1) is 0 Å². The topological polar surface area (TPSA) is 265 Å². The summed E-state index contributed by atoms with van der Waals surface area (Å²) in [5.41, 5.74) is 4.57. The van der Waals surface area contributed by atoms with E-state index in [2.05, 4.69) is 47.4 Å². The van der Waals surface area contributed by atoms with Crippen molar-refractivity contribution in [3.63, 3.8) is 0 Å². The summed E-state index contributed by atoms with van der Waals surface area (Å²) in [6, 6.07) is 1.24. The number of nitrogens with zero attached hydrogens (tertiary/aromatic N) is 2. The number of hydrogen-bond acceptors (Lipinski definition) is 15. The van der Waals surface area contributed by atoms with Gasteiger partial charge in [0.05, 0.1) is 13.2 Å².